The largest absolute Gasteiger partial charge is 0.397 e. The van der Waals surface area contributed by atoms with Crippen LogP contribution in [0.3, 0.4) is 0 Å². The molecule has 24 atom stereocenters. The Hall–Kier alpha value is -2.25. The first-order valence-corrected chi connectivity index (χ1v) is 25.4. The van der Waals surface area contributed by atoms with Crippen LogP contribution in [0.5, 0.6) is 0 Å². The number of carbonyl (C=O) groups excluding carboxylic acids is 2. The Kier molecular flexibility index (Phi) is 22.9. The average Bonchev–Trinajstić information content (AvgIpc) is 3.28. The van der Waals surface area contributed by atoms with Crippen LogP contribution in [0.2, 0.25) is 0 Å². The number of carbonyl (C=O) groups is 2. The molecule has 0 aliphatic carbocycles. The third-order valence-corrected chi connectivity index (χ3v) is 12.6. The van der Waals surface area contributed by atoms with Crippen LogP contribution >= 0.6 is 0 Å². The van der Waals surface area contributed by atoms with Gasteiger partial charge in [-0.3, -0.25) is 23.2 Å². The van der Waals surface area contributed by atoms with Gasteiger partial charge in [0.1, 0.15) is 110 Å². The van der Waals surface area contributed by atoms with Gasteiger partial charge in [-0.15, -0.1) is 0 Å². The van der Waals surface area contributed by atoms with Crippen molar-refractivity contribution >= 4 is 43.0 Å². The fourth-order valence-electron chi connectivity index (χ4n) is 7.80. The molecule has 0 radical (unpaired) electrons. The standard InChI is InChI=1S/C34H60N2O34S3/c1-9-18(42)22(46)24(48)32(63-9)67-27(12(4-37)35-10(2)39)28(13(41)6-60-71(51,52)53)68-34-26(50)30(20(44)14(5-38)64-34)70-31-17(36-11(3)40)21(45)29(16(66-31)8-62-73(57,58)59)69-33-25(49)23(47)19(43)15(65-33)7-61-72(54,55)56/h9,12-34,37-38,41-50H,4-8H2,1-3H3,(H,35,39)(H,36,40)(H,51,52,53)(H,54,55,56)(H,57,58,59)/t9-,12-,13+,14+,15+,16+,17+,18+,19-,20-,21+,22+,23-,24-,25+,26+,27+,28+,29+,30-,31-,32-,33-,34-/m0/s1. The number of amides is 2. The number of nitrogens with one attached hydrogen (secondary N) is 2. The SMILES string of the molecule is CC(=O)N[C@H]1[C@H](O[C@H]2[C@@H](O)[C@@H](CO)O[C@@H](O[C@@H]([C@H](O[C@@H]3O[C@@H](C)[C@@H](O)[C@@H](O)[C@@H]3O)[C@H](CO)NC(C)=O)[C@H](O)COS(=O)(=O)O)[C@@H]2O)O[C@H](COS(=O)(=O)O)[C@@H](O[C@@H]2O[C@H](COS(=O)(=O)O)[C@H](O)[C@H](O)[C@H]2O)[C@@H]1O. The predicted molar refractivity (Wildman–Crippen MR) is 222 cm³/mol. The molecule has 0 aromatic rings. The molecule has 0 saturated carbocycles. The van der Waals surface area contributed by atoms with Gasteiger partial charge in [0.25, 0.3) is 0 Å². The van der Waals surface area contributed by atoms with E-state index in [1.54, 1.807) is 0 Å². The van der Waals surface area contributed by atoms with Crippen molar-refractivity contribution in [1.29, 1.82) is 0 Å². The number of hydrogen-bond donors (Lipinski definition) is 17. The van der Waals surface area contributed by atoms with Gasteiger partial charge in [-0.2, -0.15) is 25.3 Å². The van der Waals surface area contributed by atoms with Crippen LogP contribution in [-0.4, -0.2) is 292 Å². The summed E-state index contributed by atoms with van der Waals surface area (Å²) in [5, 5.41) is 135. The van der Waals surface area contributed by atoms with Gasteiger partial charge >= 0.3 is 31.2 Å². The lowest BCUT2D eigenvalue weighted by molar-refractivity contribution is -0.375. The third-order valence-electron chi connectivity index (χ3n) is 11.3. The van der Waals surface area contributed by atoms with E-state index in [1.165, 1.54) is 6.92 Å². The smallest absolute Gasteiger partial charge is 0.394 e. The van der Waals surface area contributed by atoms with Gasteiger partial charge < -0.3 is 110 Å². The first-order chi connectivity index (χ1) is 33.7. The lowest BCUT2D eigenvalue weighted by atomic mass is 9.94. The van der Waals surface area contributed by atoms with Crippen molar-refractivity contribution < 1.29 is 160 Å². The van der Waals surface area contributed by atoms with E-state index in [2.05, 4.69) is 23.2 Å². The summed E-state index contributed by atoms with van der Waals surface area (Å²) in [6, 6.07) is -3.89. The summed E-state index contributed by atoms with van der Waals surface area (Å²) in [6.07, 6.45) is -47.9. The fourth-order valence-corrected chi connectivity index (χ4v) is 8.73. The molecule has 4 saturated heterocycles. The van der Waals surface area contributed by atoms with Crippen molar-refractivity contribution in [1.82, 2.24) is 10.6 Å². The summed E-state index contributed by atoms with van der Waals surface area (Å²) in [5.41, 5.74) is 0. The van der Waals surface area contributed by atoms with Crippen LogP contribution in [0, 0.1) is 0 Å². The van der Waals surface area contributed by atoms with E-state index in [0.29, 0.717) is 0 Å². The van der Waals surface area contributed by atoms with E-state index in [-0.39, 0.29) is 0 Å². The van der Waals surface area contributed by atoms with Gasteiger partial charge in [0.15, 0.2) is 25.2 Å². The zero-order chi connectivity index (χ0) is 55.2. The van der Waals surface area contributed by atoms with Gasteiger partial charge in [0.2, 0.25) is 11.8 Å². The average molecular weight is 1140 g/mol. The van der Waals surface area contributed by atoms with E-state index in [1.807, 2.05) is 0 Å². The van der Waals surface area contributed by atoms with E-state index in [0.717, 1.165) is 13.8 Å². The monoisotopic (exact) mass is 1140 g/mol. The maximum Gasteiger partial charge on any atom is 0.397 e. The Morgan fingerprint density at radius 2 is 1.04 bits per heavy atom. The van der Waals surface area contributed by atoms with Crippen LogP contribution in [-0.2, 0) is 91.2 Å². The minimum atomic E-state index is -5.43. The van der Waals surface area contributed by atoms with Crippen LogP contribution in [0.4, 0.5) is 0 Å². The van der Waals surface area contributed by atoms with E-state index >= 15 is 0 Å². The fraction of sp³-hybridized carbons (Fsp3) is 0.941. The molecular formula is C34H60N2O34S3. The van der Waals surface area contributed by atoms with Crippen molar-refractivity contribution in [2.24, 2.45) is 0 Å². The Labute approximate surface area is 413 Å². The number of hydrogen-bond acceptors (Lipinski definition) is 31. The summed E-state index contributed by atoms with van der Waals surface area (Å²) >= 11 is 0. The molecule has 0 aromatic heterocycles. The molecule has 0 aromatic carbocycles. The maximum absolute atomic E-state index is 12.6. The number of rotatable bonds is 24. The number of ether oxygens (including phenoxy) is 8. The summed E-state index contributed by atoms with van der Waals surface area (Å²) < 4.78 is 155. The molecule has 4 rings (SSSR count). The van der Waals surface area contributed by atoms with Crippen molar-refractivity contribution in [2.75, 3.05) is 33.0 Å². The van der Waals surface area contributed by atoms with E-state index < -0.39 is 223 Å². The highest BCUT2D eigenvalue weighted by Gasteiger charge is 2.56. The molecule has 0 unspecified atom stereocenters. The maximum atomic E-state index is 12.6. The molecule has 4 heterocycles. The van der Waals surface area contributed by atoms with E-state index in [9.17, 15) is 105 Å². The van der Waals surface area contributed by atoms with Gasteiger partial charge in [-0.05, 0) is 6.92 Å². The topological polar surface area (TPSA) is 566 Å². The van der Waals surface area contributed by atoms with Gasteiger partial charge in [-0.25, -0.2) is 12.5 Å². The second-order valence-corrected chi connectivity index (χ2v) is 20.0. The normalized spacial score (nSPS) is 39.5. The predicted octanol–water partition coefficient (Wildman–Crippen LogP) is -11.5. The van der Waals surface area contributed by atoms with Crippen molar-refractivity contribution in [3.05, 3.63) is 0 Å². The van der Waals surface area contributed by atoms with Crippen molar-refractivity contribution in [3.8, 4) is 0 Å². The molecule has 428 valence electrons. The summed E-state index contributed by atoms with van der Waals surface area (Å²) in [6.45, 7) is -3.54. The minimum absolute atomic E-state index is 0.861. The Bertz CT molecular complexity index is 2130. The number of aliphatic hydroxyl groups excluding tert-OH is 12. The first-order valence-electron chi connectivity index (χ1n) is 21.3. The second kappa shape index (κ2) is 26.4. The van der Waals surface area contributed by atoms with Gasteiger partial charge in [0, 0.05) is 13.8 Å². The summed E-state index contributed by atoms with van der Waals surface area (Å²) in [7, 11) is -16.0. The molecule has 36 nitrogen and oxygen atoms in total. The Balaban J connectivity index is 1.76. The summed E-state index contributed by atoms with van der Waals surface area (Å²) in [5.74, 6) is -1.96. The highest BCUT2D eigenvalue weighted by Crippen LogP contribution is 2.35. The van der Waals surface area contributed by atoms with Crippen molar-refractivity contribution in [3.63, 3.8) is 0 Å². The third kappa shape index (κ3) is 17.4. The highest BCUT2D eigenvalue weighted by molar-refractivity contribution is 7.81. The molecule has 4 aliphatic heterocycles. The molecule has 4 aliphatic rings. The number of aliphatic hydroxyl groups is 12. The highest BCUT2D eigenvalue weighted by atomic mass is 32.3. The quantitative estimate of drug-likeness (QED) is 0.0399. The lowest BCUT2D eigenvalue weighted by Crippen LogP contribution is -2.70. The molecule has 4 fully saturated rings. The molecule has 39 heteroatoms. The van der Waals surface area contributed by atoms with Crippen LogP contribution in [0.1, 0.15) is 20.8 Å². The van der Waals surface area contributed by atoms with Crippen LogP contribution in [0.15, 0.2) is 0 Å². The molecule has 73 heavy (non-hydrogen) atoms. The zero-order valence-electron chi connectivity index (χ0n) is 38.1. The minimum Gasteiger partial charge on any atom is -0.394 e. The Morgan fingerprint density at radius 1 is 0.548 bits per heavy atom. The second-order valence-electron chi connectivity index (χ2n) is 16.8. The molecular weight excluding hydrogens is 1080 g/mol. The Morgan fingerprint density at radius 3 is 1.58 bits per heavy atom. The molecule has 17 N–H and O–H groups in total. The van der Waals surface area contributed by atoms with Gasteiger partial charge in [-0.1, -0.05) is 0 Å². The van der Waals surface area contributed by atoms with Crippen molar-refractivity contribution in [2.45, 2.75) is 168 Å². The molecule has 2 amide bonds. The lowest BCUT2D eigenvalue weighted by Gasteiger charge is -2.49. The first kappa shape index (κ1) is 63.3. The molecule has 0 spiro atoms. The van der Waals surface area contributed by atoms with Gasteiger partial charge in [0.05, 0.1) is 45.2 Å². The van der Waals surface area contributed by atoms with Crippen LogP contribution in [0.25, 0.3) is 0 Å². The molecule has 0 bridgehead atoms. The zero-order valence-corrected chi connectivity index (χ0v) is 40.5. The van der Waals surface area contributed by atoms with E-state index in [4.69, 9.17) is 42.4 Å². The van der Waals surface area contributed by atoms with Crippen LogP contribution < -0.4 is 10.6 Å². The summed E-state index contributed by atoms with van der Waals surface area (Å²) in [4.78, 5) is 24.9.